The Morgan fingerprint density at radius 3 is 2.40 bits per heavy atom. The molecular weight excluding hydrogens is 348 g/mol. The van der Waals surface area contributed by atoms with Gasteiger partial charge in [0.15, 0.2) is 0 Å². The van der Waals surface area contributed by atoms with Gasteiger partial charge in [-0.2, -0.15) is 0 Å². The van der Waals surface area contributed by atoms with E-state index >= 15 is 0 Å². The zero-order valence-electron chi connectivity index (χ0n) is 12.9. The van der Waals surface area contributed by atoms with E-state index in [4.69, 9.17) is 4.74 Å². The van der Waals surface area contributed by atoms with Crippen molar-refractivity contribution in [2.24, 2.45) is 0 Å². The molecule has 2 rings (SSSR count). The normalized spacial score (nSPS) is 11.5. The molecule has 0 saturated carbocycles. The van der Waals surface area contributed by atoms with E-state index in [-0.39, 0.29) is 22.0 Å². The Morgan fingerprint density at radius 2 is 1.80 bits per heavy atom. The summed E-state index contributed by atoms with van der Waals surface area (Å²) in [7, 11) is 0. The number of non-ortho nitro benzene ring substituents is 1. The van der Waals surface area contributed by atoms with Crippen LogP contribution < -0.4 is 0 Å². The zero-order valence-corrected chi connectivity index (χ0v) is 13.8. The first-order valence-electron chi connectivity index (χ1n) is 7.20. The molecule has 25 heavy (non-hydrogen) atoms. The van der Waals surface area contributed by atoms with E-state index in [0.29, 0.717) is 12.9 Å². The number of carbonyl (C=O) groups excluding carboxylic acids is 1. The highest BCUT2D eigenvalue weighted by Gasteiger charge is 2.21. The minimum absolute atomic E-state index is 0.281. The van der Waals surface area contributed by atoms with Crippen molar-refractivity contribution in [3.05, 3.63) is 74.3 Å². The quantitative estimate of drug-likeness (QED) is 0.291. The van der Waals surface area contributed by atoms with Crippen molar-refractivity contribution in [2.45, 2.75) is 17.4 Å². The molecule has 1 unspecified atom stereocenters. The maximum absolute atomic E-state index is 11.1. The van der Waals surface area contributed by atoms with E-state index in [2.05, 4.69) is 0 Å². The molecule has 0 saturated heterocycles. The van der Waals surface area contributed by atoms with Crippen LogP contribution in [0.4, 0.5) is 11.4 Å². The molecule has 0 aromatic heterocycles. The molecule has 0 heterocycles. The molecule has 2 aromatic carbocycles. The molecule has 8 nitrogen and oxygen atoms in total. The zero-order chi connectivity index (χ0) is 18.2. The van der Waals surface area contributed by atoms with E-state index in [9.17, 15) is 25.0 Å². The van der Waals surface area contributed by atoms with Crippen LogP contribution >= 0.6 is 11.8 Å². The summed E-state index contributed by atoms with van der Waals surface area (Å²) in [5, 5.41) is 21.9. The Hall–Kier alpha value is -2.94. The Morgan fingerprint density at radius 1 is 1.08 bits per heavy atom. The van der Waals surface area contributed by atoms with Crippen LogP contribution in [0.3, 0.4) is 0 Å². The van der Waals surface area contributed by atoms with Gasteiger partial charge in [0.25, 0.3) is 17.8 Å². The van der Waals surface area contributed by atoms with Crippen LogP contribution in [0.5, 0.6) is 0 Å². The van der Waals surface area contributed by atoms with Crippen molar-refractivity contribution < 1.29 is 19.4 Å². The first-order valence-corrected chi connectivity index (χ1v) is 8.18. The molecule has 0 aliphatic carbocycles. The van der Waals surface area contributed by atoms with Gasteiger partial charge in [-0.25, -0.2) is 0 Å². The fraction of sp³-hybridized carbons (Fsp3) is 0.188. The van der Waals surface area contributed by atoms with Crippen LogP contribution in [0.25, 0.3) is 0 Å². The summed E-state index contributed by atoms with van der Waals surface area (Å²) in [5.41, 5.74) is 0.276. The first-order chi connectivity index (χ1) is 12.0. The number of rotatable bonds is 9. The fourth-order valence-electron chi connectivity index (χ4n) is 2.17. The third kappa shape index (κ3) is 5.28. The monoisotopic (exact) mass is 362 g/mol. The van der Waals surface area contributed by atoms with E-state index in [1.807, 2.05) is 30.3 Å². The van der Waals surface area contributed by atoms with Crippen molar-refractivity contribution in [3.63, 3.8) is 0 Å². The lowest BCUT2D eigenvalue weighted by Crippen LogP contribution is -2.18. The number of hydrogen-bond acceptors (Lipinski definition) is 7. The molecule has 0 bridgehead atoms. The number of nitro benzene ring substituents is 2. The number of nitrogens with zero attached hydrogens (tertiary/aromatic N) is 2. The summed E-state index contributed by atoms with van der Waals surface area (Å²) in [4.78, 5) is 31.5. The van der Waals surface area contributed by atoms with Gasteiger partial charge in [0, 0.05) is 18.2 Å². The molecule has 0 aliphatic rings. The van der Waals surface area contributed by atoms with Crippen molar-refractivity contribution in [1.82, 2.24) is 0 Å². The Balaban J connectivity index is 2.12. The fourth-order valence-corrected chi connectivity index (χ4v) is 3.18. The summed E-state index contributed by atoms with van der Waals surface area (Å²) >= 11 is 1.11. The maximum atomic E-state index is 11.1. The average molecular weight is 362 g/mol. The maximum Gasteiger partial charge on any atom is 0.293 e. The molecule has 9 heteroatoms. The Labute approximate surface area is 147 Å². The lowest BCUT2D eigenvalue weighted by molar-refractivity contribution is -0.396. The predicted octanol–water partition coefficient (Wildman–Crippen LogP) is 3.38. The molecule has 0 spiro atoms. The largest absolute Gasteiger partial charge is 0.463 e. The average Bonchev–Trinajstić information content (AvgIpc) is 2.60. The van der Waals surface area contributed by atoms with Crippen molar-refractivity contribution >= 4 is 29.6 Å². The highest BCUT2D eigenvalue weighted by molar-refractivity contribution is 7.99. The minimum Gasteiger partial charge on any atom is -0.463 e. The number of benzene rings is 2. The molecule has 1 atom stereocenters. The highest BCUT2D eigenvalue weighted by atomic mass is 32.2. The lowest BCUT2D eigenvalue weighted by atomic mass is 10.1. The molecule has 0 amide bonds. The molecule has 130 valence electrons. The summed E-state index contributed by atoms with van der Waals surface area (Å²) in [6.45, 7) is 0.346. The van der Waals surface area contributed by atoms with Crippen molar-refractivity contribution in [1.29, 1.82) is 0 Å². The van der Waals surface area contributed by atoms with Gasteiger partial charge in [-0.1, -0.05) is 30.3 Å². The molecule has 0 aliphatic heterocycles. The molecule has 2 aromatic rings. The predicted molar refractivity (Wildman–Crippen MR) is 91.6 cm³/mol. The van der Waals surface area contributed by atoms with Gasteiger partial charge < -0.3 is 4.74 Å². The molecule has 0 radical (unpaired) electrons. The second kappa shape index (κ2) is 8.78. The smallest absolute Gasteiger partial charge is 0.293 e. The van der Waals surface area contributed by atoms with E-state index < -0.39 is 16.0 Å². The van der Waals surface area contributed by atoms with Crippen LogP contribution in [-0.4, -0.2) is 28.2 Å². The van der Waals surface area contributed by atoms with Gasteiger partial charge in [0.1, 0.15) is 6.10 Å². The summed E-state index contributed by atoms with van der Waals surface area (Å²) in [6.07, 6.45) is -0.00687. The third-order valence-corrected chi connectivity index (χ3v) is 4.52. The second-order valence-corrected chi connectivity index (χ2v) is 6.08. The number of hydrogen-bond donors (Lipinski definition) is 0. The van der Waals surface area contributed by atoms with E-state index in [1.165, 1.54) is 12.1 Å². The first kappa shape index (κ1) is 18.4. The van der Waals surface area contributed by atoms with Crippen LogP contribution in [0, 0.1) is 20.2 Å². The molecule has 0 fully saturated rings. The minimum atomic E-state index is -0.685. The van der Waals surface area contributed by atoms with E-state index in [0.717, 1.165) is 23.4 Å². The van der Waals surface area contributed by atoms with Crippen molar-refractivity contribution in [2.75, 3.05) is 5.75 Å². The van der Waals surface area contributed by atoms with Crippen LogP contribution in [0.1, 0.15) is 5.56 Å². The second-order valence-electron chi connectivity index (χ2n) is 5.02. The molecule has 0 N–H and O–H groups in total. The highest BCUT2D eigenvalue weighted by Crippen LogP contribution is 2.33. The van der Waals surface area contributed by atoms with Crippen LogP contribution in [-0.2, 0) is 16.0 Å². The van der Waals surface area contributed by atoms with Gasteiger partial charge in [-0.05, 0) is 11.6 Å². The van der Waals surface area contributed by atoms with Gasteiger partial charge in [0.2, 0.25) is 0 Å². The van der Waals surface area contributed by atoms with Gasteiger partial charge in [0.05, 0.1) is 20.8 Å². The topological polar surface area (TPSA) is 113 Å². The van der Waals surface area contributed by atoms with Gasteiger partial charge >= 0.3 is 0 Å². The Kier molecular flexibility index (Phi) is 6.47. The Bertz CT molecular complexity index is 768. The van der Waals surface area contributed by atoms with Gasteiger partial charge in [-0.15, -0.1) is 11.8 Å². The van der Waals surface area contributed by atoms with Crippen molar-refractivity contribution in [3.8, 4) is 0 Å². The number of carbonyl (C=O) groups is 1. The SMILES string of the molecule is O=COC(CSc1ccc([N+](=O)[O-])cc1[N+](=O)[O-])Cc1ccccc1. The summed E-state index contributed by atoms with van der Waals surface area (Å²) in [5.74, 6) is 0.284. The van der Waals surface area contributed by atoms with Gasteiger partial charge in [-0.3, -0.25) is 25.0 Å². The summed E-state index contributed by atoms with van der Waals surface area (Å²) in [6, 6.07) is 12.8. The third-order valence-electron chi connectivity index (χ3n) is 3.33. The number of thioether (sulfide) groups is 1. The molecular formula is C16H14N2O6S. The number of ether oxygens (including phenoxy) is 1. The standard InChI is InChI=1S/C16H14N2O6S/c19-11-24-14(8-12-4-2-1-3-5-12)10-25-16-7-6-13(17(20)21)9-15(16)18(22)23/h1-7,9,11,14H,8,10H2. The van der Waals surface area contributed by atoms with E-state index in [1.54, 1.807) is 0 Å². The number of nitro groups is 2. The summed E-state index contributed by atoms with van der Waals surface area (Å²) < 4.78 is 5.05. The lowest BCUT2D eigenvalue weighted by Gasteiger charge is -2.15. The van der Waals surface area contributed by atoms with Crippen LogP contribution in [0.15, 0.2) is 53.4 Å². The van der Waals surface area contributed by atoms with Crippen LogP contribution in [0.2, 0.25) is 0 Å².